The predicted octanol–water partition coefficient (Wildman–Crippen LogP) is 3.53. The first-order valence-corrected chi connectivity index (χ1v) is 7.44. The average Bonchev–Trinajstić information content (AvgIpc) is 2.76. The van der Waals surface area contributed by atoms with Crippen LogP contribution in [0.25, 0.3) is 0 Å². The second kappa shape index (κ2) is 5.60. The normalized spacial score (nSPS) is 25.6. The molecule has 0 aliphatic carbocycles. The lowest BCUT2D eigenvalue weighted by molar-refractivity contribution is -0.153. The highest BCUT2D eigenvalue weighted by molar-refractivity contribution is 5.75. The molecule has 4 nitrogen and oxygen atoms in total. The average molecular weight is 279 g/mol. The van der Waals surface area contributed by atoms with E-state index < -0.39 is 11.4 Å². The largest absolute Gasteiger partial charge is 0.481 e. The Morgan fingerprint density at radius 1 is 1.55 bits per heavy atom. The van der Waals surface area contributed by atoms with Crippen molar-refractivity contribution in [2.45, 2.75) is 53.0 Å². The third kappa shape index (κ3) is 2.62. The number of furan rings is 1. The molecule has 1 fully saturated rings. The van der Waals surface area contributed by atoms with Crippen LogP contribution < -0.4 is 0 Å². The van der Waals surface area contributed by atoms with E-state index in [-0.39, 0.29) is 6.04 Å². The zero-order valence-electron chi connectivity index (χ0n) is 12.9. The predicted molar refractivity (Wildman–Crippen MR) is 77.8 cm³/mol. The van der Waals surface area contributed by atoms with E-state index in [1.54, 1.807) is 0 Å². The highest BCUT2D eigenvalue weighted by atomic mass is 16.4. The minimum absolute atomic E-state index is 0.207. The van der Waals surface area contributed by atoms with Crippen LogP contribution >= 0.6 is 0 Å². The molecule has 0 bridgehead atoms. The molecule has 0 spiro atoms. The molecule has 2 atom stereocenters. The van der Waals surface area contributed by atoms with Crippen molar-refractivity contribution in [2.24, 2.45) is 5.41 Å². The number of aryl methyl sites for hydroxylation is 2. The summed E-state index contributed by atoms with van der Waals surface area (Å²) >= 11 is 0. The standard InChI is InChI=1S/C16H25NO3/c1-5-16(15(18)19)7-6-8-17(10-16)12(3)14-9-11(2)20-13(14)4/h9,12H,5-8,10H2,1-4H3,(H,18,19). The summed E-state index contributed by atoms with van der Waals surface area (Å²) in [6.07, 6.45) is 2.42. The molecule has 1 aliphatic rings. The maximum Gasteiger partial charge on any atom is 0.310 e. The van der Waals surface area contributed by atoms with E-state index in [2.05, 4.69) is 17.9 Å². The molecule has 2 heterocycles. The van der Waals surface area contributed by atoms with Crippen LogP contribution in [0.15, 0.2) is 10.5 Å². The topological polar surface area (TPSA) is 53.7 Å². The lowest BCUT2D eigenvalue weighted by Gasteiger charge is -2.42. The first-order chi connectivity index (χ1) is 9.39. The number of aliphatic carboxylic acids is 1. The van der Waals surface area contributed by atoms with Crippen molar-refractivity contribution in [3.63, 3.8) is 0 Å². The molecule has 1 aliphatic heterocycles. The van der Waals surface area contributed by atoms with Gasteiger partial charge in [0.15, 0.2) is 0 Å². The molecule has 0 aromatic carbocycles. The SMILES string of the molecule is CCC1(C(=O)O)CCCN(C(C)c2cc(C)oc2C)C1. The van der Waals surface area contributed by atoms with Gasteiger partial charge in [-0.1, -0.05) is 6.92 Å². The van der Waals surface area contributed by atoms with Crippen LogP contribution in [0.2, 0.25) is 0 Å². The second-order valence-electron chi connectivity index (χ2n) is 6.06. The molecule has 2 unspecified atom stereocenters. The Morgan fingerprint density at radius 2 is 2.25 bits per heavy atom. The quantitative estimate of drug-likeness (QED) is 0.916. The van der Waals surface area contributed by atoms with Gasteiger partial charge in [0.1, 0.15) is 11.5 Å². The van der Waals surface area contributed by atoms with Crippen LogP contribution in [0, 0.1) is 19.3 Å². The summed E-state index contributed by atoms with van der Waals surface area (Å²) in [5.74, 6) is 1.20. The lowest BCUT2D eigenvalue weighted by Crippen LogP contribution is -2.48. The molecule has 1 aromatic heterocycles. The summed E-state index contributed by atoms with van der Waals surface area (Å²) in [6, 6.07) is 2.28. The van der Waals surface area contributed by atoms with E-state index in [0.29, 0.717) is 13.0 Å². The number of piperidine rings is 1. The van der Waals surface area contributed by atoms with Crippen molar-refractivity contribution in [1.82, 2.24) is 4.90 Å². The summed E-state index contributed by atoms with van der Waals surface area (Å²) in [7, 11) is 0. The number of hydrogen-bond acceptors (Lipinski definition) is 3. The first kappa shape index (κ1) is 15.1. The van der Waals surface area contributed by atoms with Crippen LogP contribution in [0.1, 0.15) is 56.2 Å². The van der Waals surface area contributed by atoms with E-state index in [1.165, 1.54) is 5.56 Å². The van der Waals surface area contributed by atoms with Gasteiger partial charge in [-0.15, -0.1) is 0 Å². The maximum absolute atomic E-state index is 11.6. The zero-order valence-corrected chi connectivity index (χ0v) is 12.9. The monoisotopic (exact) mass is 279 g/mol. The maximum atomic E-state index is 11.6. The lowest BCUT2D eigenvalue weighted by atomic mass is 9.77. The van der Waals surface area contributed by atoms with Gasteiger partial charge in [0.2, 0.25) is 0 Å². The van der Waals surface area contributed by atoms with Gasteiger partial charge in [-0.2, -0.15) is 0 Å². The first-order valence-electron chi connectivity index (χ1n) is 7.44. The Bertz CT molecular complexity index is 494. The molecule has 1 saturated heterocycles. The minimum atomic E-state index is -0.656. The zero-order chi connectivity index (χ0) is 14.9. The fourth-order valence-corrected chi connectivity index (χ4v) is 3.37. The van der Waals surface area contributed by atoms with Gasteiger partial charge in [0.25, 0.3) is 0 Å². The van der Waals surface area contributed by atoms with E-state index in [1.807, 2.05) is 20.8 Å². The molecule has 1 aromatic rings. The van der Waals surface area contributed by atoms with Gasteiger partial charge in [0.05, 0.1) is 5.41 Å². The van der Waals surface area contributed by atoms with Crippen LogP contribution in [0.5, 0.6) is 0 Å². The number of likely N-dealkylation sites (tertiary alicyclic amines) is 1. The van der Waals surface area contributed by atoms with Crippen LogP contribution in [0.4, 0.5) is 0 Å². The van der Waals surface area contributed by atoms with Crippen molar-refractivity contribution in [3.8, 4) is 0 Å². The highest BCUT2D eigenvalue weighted by Gasteiger charge is 2.42. The molecule has 112 valence electrons. The molecule has 0 amide bonds. The molecule has 0 radical (unpaired) electrons. The Kier molecular flexibility index (Phi) is 4.23. The summed E-state index contributed by atoms with van der Waals surface area (Å²) < 4.78 is 5.61. The number of carboxylic acid groups (broad SMARTS) is 1. The Balaban J connectivity index is 2.20. The molecule has 4 heteroatoms. The number of nitrogens with zero attached hydrogens (tertiary/aromatic N) is 1. The Labute approximate surface area is 120 Å². The van der Waals surface area contributed by atoms with Crippen molar-refractivity contribution in [1.29, 1.82) is 0 Å². The smallest absolute Gasteiger partial charge is 0.310 e. The number of carboxylic acids is 1. The Hall–Kier alpha value is -1.29. The van der Waals surface area contributed by atoms with Crippen LogP contribution in [0.3, 0.4) is 0 Å². The van der Waals surface area contributed by atoms with E-state index in [0.717, 1.165) is 30.9 Å². The summed E-state index contributed by atoms with van der Waals surface area (Å²) in [6.45, 7) is 9.64. The molecular formula is C16H25NO3. The van der Waals surface area contributed by atoms with E-state index >= 15 is 0 Å². The van der Waals surface area contributed by atoms with Gasteiger partial charge >= 0.3 is 5.97 Å². The summed E-state index contributed by atoms with van der Waals surface area (Å²) in [4.78, 5) is 13.9. The summed E-state index contributed by atoms with van der Waals surface area (Å²) in [5.41, 5.74) is 0.596. The van der Waals surface area contributed by atoms with Gasteiger partial charge in [0, 0.05) is 18.2 Å². The van der Waals surface area contributed by atoms with Gasteiger partial charge in [-0.3, -0.25) is 9.69 Å². The molecular weight excluding hydrogens is 254 g/mol. The van der Waals surface area contributed by atoms with Gasteiger partial charge < -0.3 is 9.52 Å². The van der Waals surface area contributed by atoms with Crippen molar-refractivity contribution in [2.75, 3.05) is 13.1 Å². The Morgan fingerprint density at radius 3 is 2.75 bits per heavy atom. The van der Waals surface area contributed by atoms with Crippen molar-refractivity contribution < 1.29 is 14.3 Å². The van der Waals surface area contributed by atoms with E-state index in [4.69, 9.17) is 4.42 Å². The third-order valence-corrected chi connectivity index (χ3v) is 4.81. The fraction of sp³-hybridized carbons (Fsp3) is 0.688. The molecule has 20 heavy (non-hydrogen) atoms. The van der Waals surface area contributed by atoms with Crippen molar-refractivity contribution >= 4 is 5.97 Å². The molecule has 1 N–H and O–H groups in total. The number of hydrogen-bond donors (Lipinski definition) is 1. The number of carbonyl (C=O) groups is 1. The summed E-state index contributed by atoms with van der Waals surface area (Å²) in [5, 5.41) is 9.57. The molecule has 0 saturated carbocycles. The second-order valence-corrected chi connectivity index (χ2v) is 6.06. The van der Waals surface area contributed by atoms with E-state index in [9.17, 15) is 9.90 Å². The third-order valence-electron chi connectivity index (χ3n) is 4.81. The van der Waals surface area contributed by atoms with Crippen molar-refractivity contribution in [3.05, 3.63) is 23.2 Å². The highest BCUT2D eigenvalue weighted by Crippen LogP contribution is 2.38. The molecule has 2 rings (SSSR count). The number of rotatable bonds is 4. The van der Waals surface area contributed by atoms with Gasteiger partial charge in [-0.25, -0.2) is 0 Å². The van der Waals surface area contributed by atoms with Crippen LogP contribution in [-0.2, 0) is 4.79 Å². The minimum Gasteiger partial charge on any atom is -0.481 e. The van der Waals surface area contributed by atoms with Crippen LogP contribution in [-0.4, -0.2) is 29.1 Å². The van der Waals surface area contributed by atoms with Gasteiger partial charge in [-0.05, 0) is 52.6 Å². The fourth-order valence-electron chi connectivity index (χ4n) is 3.37.